The molecule has 0 amide bonds. The molecule has 0 spiro atoms. The molecule has 0 bridgehead atoms. The minimum Gasteiger partial charge on any atom is -0.504 e. The number of aromatic nitrogens is 1. The van der Waals surface area contributed by atoms with Gasteiger partial charge in [-0.1, -0.05) is 13.8 Å². The van der Waals surface area contributed by atoms with E-state index in [9.17, 15) is 9.90 Å². The SMILES string of the molecule is CC.COC(=O)c1cc(O)c2oc(C)nc2c1. The minimum atomic E-state index is -0.521. The molecule has 1 aromatic carbocycles. The van der Waals surface area contributed by atoms with Crippen molar-refractivity contribution in [3.63, 3.8) is 0 Å². The van der Waals surface area contributed by atoms with E-state index in [1.807, 2.05) is 13.8 Å². The standard InChI is InChI=1S/C10H9NO4.C2H6/c1-5-11-7-3-6(10(13)14-2)4-8(12)9(7)15-5;1-2/h3-4,12H,1-2H3;1-2H3. The fourth-order valence-electron chi connectivity index (χ4n) is 1.36. The summed E-state index contributed by atoms with van der Waals surface area (Å²) < 4.78 is 9.69. The second kappa shape index (κ2) is 5.34. The van der Waals surface area contributed by atoms with Gasteiger partial charge in [-0.2, -0.15) is 0 Å². The van der Waals surface area contributed by atoms with Crippen molar-refractivity contribution in [2.45, 2.75) is 20.8 Å². The van der Waals surface area contributed by atoms with Crippen LogP contribution in [0, 0.1) is 6.92 Å². The maximum absolute atomic E-state index is 11.2. The molecule has 0 unspecified atom stereocenters. The number of aromatic hydroxyl groups is 1. The number of ether oxygens (including phenoxy) is 1. The summed E-state index contributed by atoms with van der Waals surface area (Å²) in [4.78, 5) is 15.2. The maximum Gasteiger partial charge on any atom is 0.338 e. The molecular formula is C12H15NO4. The number of fused-ring (bicyclic) bond motifs is 1. The van der Waals surface area contributed by atoms with E-state index in [2.05, 4.69) is 9.72 Å². The van der Waals surface area contributed by atoms with Crippen molar-refractivity contribution in [1.29, 1.82) is 0 Å². The molecule has 0 fully saturated rings. The van der Waals surface area contributed by atoms with Gasteiger partial charge in [0.2, 0.25) is 0 Å². The highest BCUT2D eigenvalue weighted by Gasteiger charge is 2.13. The first-order valence-electron chi connectivity index (χ1n) is 5.30. The van der Waals surface area contributed by atoms with Crippen molar-refractivity contribution in [3.8, 4) is 5.75 Å². The zero-order valence-electron chi connectivity index (χ0n) is 10.3. The average Bonchev–Trinajstić information content (AvgIpc) is 2.71. The number of phenolic OH excluding ortho intramolecular Hbond substituents is 1. The largest absolute Gasteiger partial charge is 0.504 e. The summed E-state index contributed by atoms with van der Waals surface area (Å²) in [6.07, 6.45) is 0. The fourth-order valence-corrected chi connectivity index (χ4v) is 1.36. The first-order chi connectivity index (χ1) is 8.11. The number of benzene rings is 1. The summed E-state index contributed by atoms with van der Waals surface area (Å²) in [5, 5.41) is 9.57. The number of methoxy groups -OCH3 is 1. The highest BCUT2D eigenvalue weighted by atomic mass is 16.5. The van der Waals surface area contributed by atoms with Gasteiger partial charge < -0.3 is 14.3 Å². The second-order valence-corrected chi connectivity index (χ2v) is 3.07. The Morgan fingerprint density at radius 1 is 1.41 bits per heavy atom. The van der Waals surface area contributed by atoms with Crippen molar-refractivity contribution in [2.24, 2.45) is 0 Å². The lowest BCUT2D eigenvalue weighted by Gasteiger charge is -1.99. The number of hydrogen-bond donors (Lipinski definition) is 1. The van der Waals surface area contributed by atoms with E-state index < -0.39 is 5.97 Å². The Hall–Kier alpha value is -2.04. The summed E-state index contributed by atoms with van der Waals surface area (Å²) in [5.41, 5.74) is 0.962. The monoisotopic (exact) mass is 237 g/mol. The number of carbonyl (C=O) groups excluding carboxylic acids is 1. The van der Waals surface area contributed by atoms with Crippen molar-refractivity contribution in [1.82, 2.24) is 4.98 Å². The smallest absolute Gasteiger partial charge is 0.338 e. The number of nitrogens with zero attached hydrogens (tertiary/aromatic N) is 1. The van der Waals surface area contributed by atoms with Crippen molar-refractivity contribution in [3.05, 3.63) is 23.6 Å². The van der Waals surface area contributed by atoms with Crippen LogP contribution in [0.3, 0.4) is 0 Å². The number of carbonyl (C=O) groups is 1. The lowest BCUT2D eigenvalue weighted by molar-refractivity contribution is 0.0600. The second-order valence-electron chi connectivity index (χ2n) is 3.07. The number of aryl methyl sites for hydroxylation is 1. The lowest BCUT2D eigenvalue weighted by atomic mass is 10.2. The minimum absolute atomic E-state index is 0.117. The Balaban J connectivity index is 0.000000686. The molecule has 0 aliphatic heterocycles. The van der Waals surface area contributed by atoms with Gasteiger partial charge in [-0.3, -0.25) is 0 Å². The fraction of sp³-hybridized carbons (Fsp3) is 0.333. The van der Waals surface area contributed by atoms with E-state index in [4.69, 9.17) is 4.42 Å². The van der Waals surface area contributed by atoms with E-state index in [1.165, 1.54) is 19.2 Å². The van der Waals surface area contributed by atoms with Gasteiger partial charge in [0.05, 0.1) is 12.7 Å². The highest BCUT2D eigenvalue weighted by molar-refractivity contribution is 5.95. The first kappa shape index (κ1) is 13.0. The summed E-state index contributed by atoms with van der Waals surface area (Å²) in [6, 6.07) is 2.80. The number of phenols is 1. The number of esters is 1. The van der Waals surface area contributed by atoms with Gasteiger partial charge >= 0.3 is 5.97 Å². The van der Waals surface area contributed by atoms with Gasteiger partial charge in [-0.15, -0.1) is 0 Å². The normalized spacial score (nSPS) is 9.65. The number of oxazole rings is 1. The molecule has 0 radical (unpaired) electrons. The predicted octanol–water partition coefficient (Wildman–Crippen LogP) is 2.65. The molecule has 17 heavy (non-hydrogen) atoms. The van der Waals surface area contributed by atoms with Crippen molar-refractivity contribution >= 4 is 17.1 Å². The predicted molar refractivity (Wildman–Crippen MR) is 63.1 cm³/mol. The summed E-state index contributed by atoms with van der Waals surface area (Å²) in [5.74, 6) is -0.205. The molecular weight excluding hydrogens is 222 g/mol. The van der Waals surface area contributed by atoms with Crippen LogP contribution in [0.25, 0.3) is 11.1 Å². The Kier molecular flexibility index (Phi) is 4.09. The summed E-state index contributed by atoms with van der Waals surface area (Å²) >= 11 is 0. The first-order valence-corrected chi connectivity index (χ1v) is 5.30. The quantitative estimate of drug-likeness (QED) is 0.772. The molecule has 5 nitrogen and oxygen atoms in total. The zero-order chi connectivity index (χ0) is 13.0. The topological polar surface area (TPSA) is 72.6 Å². The van der Waals surface area contributed by atoms with Crippen LogP contribution in [0.1, 0.15) is 30.1 Å². The van der Waals surface area contributed by atoms with Crippen LogP contribution in [-0.4, -0.2) is 23.2 Å². The molecule has 1 heterocycles. The van der Waals surface area contributed by atoms with Gasteiger partial charge in [-0.05, 0) is 12.1 Å². The third kappa shape index (κ3) is 2.55. The van der Waals surface area contributed by atoms with Crippen molar-refractivity contribution < 1.29 is 19.1 Å². The molecule has 1 N–H and O–H groups in total. The van der Waals surface area contributed by atoms with E-state index in [-0.39, 0.29) is 16.9 Å². The Morgan fingerprint density at radius 2 is 2.06 bits per heavy atom. The Bertz CT molecular complexity index is 531. The summed E-state index contributed by atoms with van der Waals surface area (Å²) in [7, 11) is 1.28. The maximum atomic E-state index is 11.2. The van der Waals surface area contributed by atoms with Crippen LogP contribution in [0.4, 0.5) is 0 Å². The van der Waals surface area contributed by atoms with E-state index in [0.717, 1.165) is 0 Å². The van der Waals surface area contributed by atoms with Gasteiger partial charge in [0.1, 0.15) is 5.52 Å². The highest BCUT2D eigenvalue weighted by Crippen LogP contribution is 2.27. The van der Waals surface area contributed by atoms with Gasteiger partial charge in [-0.25, -0.2) is 9.78 Å². The average molecular weight is 237 g/mol. The van der Waals surface area contributed by atoms with Crippen LogP contribution in [0.5, 0.6) is 5.75 Å². The lowest BCUT2D eigenvalue weighted by Crippen LogP contribution is -2.00. The van der Waals surface area contributed by atoms with Crippen LogP contribution >= 0.6 is 0 Å². The molecule has 1 aromatic heterocycles. The van der Waals surface area contributed by atoms with Crippen LogP contribution in [0.15, 0.2) is 16.5 Å². The Morgan fingerprint density at radius 3 is 2.65 bits per heavy atom. The van der Waals surface area contributed by atoms with Crippen LogP contribution in [0.2, 0.25) is 0 Å². The molecule has 0 aliphatic rings. The Labute approximate surface area is 99.0 Å². The molecule has 0 atom stereocenters. The third-order valence-electron chi connectivity index (χ3n) is 2.00. The van der Waals surface area contributed by atoms with E-state index in [1.54, 1.807) is 6.92 Å². The molecule has 0 saturated carbocycles. The third-order valence-corrected chi connectivity index (χ3v) is 2.00. The number of hydrogen-bond acceptors (Lipinski definition) is 5. The molecule has 2 aromatic rings. The zero-order valence-corrected chi connectivity index (χ0v) is 10.3. The van der Waals surface area contributed by atoms with Gasteiger partial charge in [0, 0.05) is 6.92 Å². The van der Waals surface area contributed by atoms with E-state index in [0.29, 0.717) is 11.4 Å². The van der Waals surface area contributed by atoms with Crippen LogP contribution in [-0.2, 0) is 4.74 Å². The number of rotatable bonds is 1. The van der Waals surface area contributed by atoms with E-state index >= 15 is 0 Å². The molecule has 0 aliphatic carbocycles. The van der Waals surface area contributed by atoms with Gasteiger partial charge in [0.25, 0.3) is 0 Å². The van der Waals surface area contributed by atoms with Gasteiger partial charge in [0.15, 0.2) is 17.2 Å². The van der Waals surface area contributed by atoms with Crippen LogP contribution < -0.4 is 0 Å². The van der Waals surface area contributed by atoms with Crippen molar-refractivity contribution in [2.75, 3.05) is 7.11 Å². The molecule has 92 valence electrons. The summed E-state index contributed by atoms with van der Waals surface area (Å²) in [6.45, 7) is 5.66. The molecule has 5 heteroatoms. The molecule has 2 rings (SSSR count). The molecule has 0 saturated heterocycles.